The first-order chi connectivity index (χ1) is 15.7. The Balaban J connectivity index is 1.43. The van der Waals surface area contributed by atoms with E-state index in [0.717, 1.165) is 61.4 Å². The predicted molar refractivity (Wildman–Crippen MR) is 140 cm³/mol. The number of hydrogen-bond acceptors (Lipinski definition) is 3. The van der Waals surface area contributed by atoms with Crippen molar-refractivity contribution < 1.29 is 5.11 Å². The molecule has 0 spiro atoms. The molecule has 0 aliphatic heterocycles. The van der Waals surface area contributed by atoms with E-state index >= 15 is 0 Å². The topological polar surface area (TPSA) is 58.3 Å². The van der Waals surface area contributed by atoms with Crippen LogP contribution in [0.15, 0.2) is 0 Å². The maximum atomic E-state index is 11.5. The molecule has 0 saturated heterocycles. The lowest BCUT2D eigenvalue weighted by atomic mass is 9.43. The molecule has 4 aliphatic carbocycles. The Hall–Kier alpha value is -0.120. The summed E-state index contributed by atoms with van der Waals surface area (Å²) < 4.78 is 0. The van der Waals surface area contributed by atoms with E-state index in [4.69, 9.17) is 5.73 Å². The lowest BCUT2D eigenvalue weighted by Crippen LogP contribution is -2.59. The average molecular weight is 461 g/mol. The quantitative estimate of drug-likeness (QED) is 0.350. The van der Waals surface area contributed by atoms with Crippen LogP contribution in [0.5, 0.6) is 0 Å². The van der Waals surface area contributed by atoms with Gasteiger partial charge in [-0.25, -0.2) is 0 Å². The molecule has 3 heteroatoms. The van der Waals surface area contributed by atoms with E-state index in [1.54, 1.807) is 0 Å². The van der Waals surface area contributed by atoms with Gasteiger partial charge in [0, 0.05) is 6.04 Å². The summed E-state index contributed by atoms with van der Waals surface area (Å²) in [5.74, 6) is 5.53. The minimum Gasteiger partial charge on any atom is -0.393 e. The Kier molecular flexibility index (Phi) is 8.24. The van der Waals surface area contributed by atoms with Gasteiger partial charge in [-0.3, -0.25) is 0 Å². The van der Waals surface area contributed by atoms with Gasteiger partial charge in [-0.15, -0.1) is 0 Å². The van der Waals surface area contributed by atoms with Gasteiger partial charge in [-0.05, 0) is 123 Å². The molecule has 0 aromatic carbocycles. The van der Waals surface area contributed by atoms with Crippen LogP contribution in [0.3, 0.4) is 0 Å². The van der Waals surface area contributed by atoms with E-state index in [1.165, 1.54) is 64.2 Å². The van der Waals surface area contributed by atoms with Crippen LogP contribution in [0.25, 0.3) is 0 Å². The first-order valence-electron chi connectivity index (χ1n) is 14.8. The zero-order valence-electron chi connectivity index (χ0n) is 22.6. The van der Waals surface area contributed by atoms with Gasteiger partial charge in [-0.2, -0.15) is 0 Å². The van der Waals surface area contributed by atoms with Crippen LogP contribution in [-0.4, -0.2) is 30.3 Å². The zero-order chi connectivity index (χ0) is 23.8. The van der Waals surface area contributed by atoms with Crippen molar-refractivity contribution in [1.29, 1.82) is 0 Å². The molecule has 3 nitrogen and oxygen atoms in total. The lowest BCUT2D eigenvalue weighted by Gasteiger charge is -2.62. The highest BCUT2D eigenvalue weighted by Crippen LogP contribution is 2.68. The van der Waals surface area contributed by atoms with Crippen LogP contribution < -0.4 is 11.1 Å². The molecule has 0 radical (unpaired) electrons. The van der Waals surface area contributed by atoms with Crippen molar-refractivity contribution in [2.24, 2.45) is 58.0 Å². The number of fused-ring (bicyclic) bond motifs is 5. The first kappa shape index (κ1) is 26.0. The Morgan fingerprint density at radius 3 is 2.33 bits per heavy atom. The van der Waals surface area contributed by atoms with Gasteiger partial charge in [0.05, 0.1) is 6.10 Å². The molecule has 33 heavy (non-hydrogen) atoms. The van der Waals surface area contributed by atoms with Crippen LogP contribution in [0.4, 0.5) is 0 Å². The molecule has 0 heterocycles. The van der Waals surface area contributed by atoms with Crippen molar-refractivity contribution in [3.05, 3.63) is 0 Å². The smallest absolute Gasteiger partial charge is 0.0577 e. The maximum Gasteiger partial charge on any atom is 0.0577 e. The summed E-state index contributed by atoms with van der Waals surface area (Å²) in [6.45, 7) is 14.3. The highest BCUT2D eigenvalue weighted by molar-refractivity contribution is 5.11. The largest absolute Gasteiger partial charge is 0.393 e. The van der Waals surface area contributed by atoms with Gasteiger partial charge in [0.2, 0.25) is 0 Å². The summed E-state index contributed by atoms with van der Waals surface area (Å²) in [4.78, 5) is 0. The minimum atomic E-state index is -0.0970. The van der Waals surface area contributed by atoms with Crippen LogP contribution in [-0.2, 0) is 0 Å². The molecule has 0 amide bonds. The normalized spacial score (nSPS) is 46.0. The molecule has 0 bridgehead atoms. The summed E-state index contributed by atoms with van der Waals surface area (Å²) in [6, 6.07) is 0.581. The molecule has 192 valence electrons. The second-order valence-corrected chi connectivity index (χ2v) is 13.9. The van der Waals surface area contributed by atoms with Crippen molar-refractivity contribution in [2.45, 2.75) is 124 Å². The molecule has 4 N–H and O–H groups in total. The van der Waals surface area contributed by atoms with E-state index in [1.807, 2.05) is 0 Å². The van der Waals surface area contributed by atoms with E-state index in [-0.39, 0.29) is 6.10 Å². The fraction of sp³-hybridized carbons (Fsp3) is 1.00. The Morgan fingerprint density at radius 2 is 1.61 bits per heavy atom. The molecule has 10 atom stereocenters. The summed E-state index contributed by atoms with van der Waals surface area (Å²) >= 11 is 0. The number of aliphatic hydroxyl groups excluding tert-OH is 1. The number of rotatable bonds is 9. The second-order valence-electron chi connectivity index (χ2n) is 13.9. The van der Waals surface area contributed by atoms with E-state index < -0.39 is 0 Å². The molecule has 0 aromatic rings. The van der Waals surface area contributed by atoms with Crippen molar-refractivity contribution >= 4 is 0 Å². The minimum absolute atomic E-state index is 0.0970. The van der Waals surface area contributed by atoms with E-state index in [0.29, 0.717) is 22.8 Å². The summed E-state index contributed by atoms with van der Waals surface area (Å²) in [6.07, 6.45) is 15.7. The van der Waals surface area contributed by atoms with Crippen LogP contribution in [0.2, 0.25) is 0 Å². The Bertz CT molecular complexity index is 637. The molecule has 4 saturated carbocycles. The van der Waals surface area contributed by atoms with E-state index in [2.05, 4.69) is 39.9 Å². The second kappa shape index (κ2) is 10.5. The summed E-state index contributed by atoms with van der Waals surface area (Å²) in [7, 11) is 0. The molecule has 4 fully saturated rings. The number of aliphatic hydroxyl groups is 1. The molecular formula is C30H56N2O. The van der Waals surface area contributed by atoms with Gasteiger partial charge in [0.15, 0.2) is 0 Å². The van der Waals surface area contributed by atoms with Gasteiger partial charge >= 0.3 is 0 Å². The summed E-state index contributed by atoms with van der Waals surface area (Å²) in [5, 5.41) is 15.3. The molecule has 10 unspecified atom stereocenters. The number of hydrogen-bond donors (Lipinski definition) is 3. The average Bonchev–Trinajstić information content (AvgIpc) is 3.12. The lowest BCUT2D eigenvalue weighted by molar-refractivity contribution is -0.162. The monoisotopic (exact) mass is 460 g/mol. The SMILES string of the molecule is CC(C)CCCC(C)C1CCC2C3CC(O)C4CC(NCCCN)CCC4(C)C3CCC12C. The number of nitrogens with two attached hydrogens (primary N) is 1. The summed E-state index contributed by atoms with van der Waals surface area (Å²) in [5.41, 5.74) is 6.56. The highest BCUT2D eigenvalue weighted by Gasteiger charge is 2.62. The highest BCUT2D eigenvalue weighted by atomic mass is 16.3. The van der Waals surface area contributed by atoms with Crippen molar-refractivity contribution in [3.8, 4) is 0 Å². The van der Waals surface area contributed by atoms with Crippen LogP contribution in [0, 0.1) is 52.3 Å². The Morgan fingerprint density at radius 1 is 0.879 bits per heavy atom. The third-order valence-electron chi connectivity index (χ3n) is 11.7. The third kappa shape index (κ3) is 4.94. The van der Waals surface area contributed by atoms with E-state index in [9.17, 15) is 5.11 Å². The van der Waals surface area contributed by atoms with Gasteiger partial charge < -0.3 is 16.2 Å². The van der Waals surface area contributed by atoms with Gasteiger partial charge in [0.25, 0.3) is 0 Å². The van der Waals surface area contributed by atoms with Gasteiger partial charge in [-0.1, -0.05) is 53.9 Å². The fourth-order valence-electron chi connectivity index (χ4n) is 9.92. The standard InChI is InChI=1S/C30H56N2O/c1-20(2)8-6-9-21(3)24-10-11-25-23-19-28(33)27-18-22(32-17-7-16-31)12-14-30(27,5)26(23)13-15-29(24,25)4/h20-28,32-33H,6-19,31H2,1-5H3. The van der Waals surface area contributed by atoms with Crippen LogP contribution in [0.1, 0.15) is 112 Å². The first-order valence-corrected chi connectivity index (χ1v) is 14.8. The molecule has 0 aromatic heterocycles. The zero-order valence-corrected chi connectivity index (χ0v) is 22.6. The molecule has 4 rings (SSSR count). The molecular weight excluding hydrogens is 404 g/mol. The Labute approximate surface area is 205 Å². The number of nitrogens with one attached hydrogen (secondary N) is 1. The predicted octanol–water partition coefficient (Wildman–Crippen LogP) is 6.39. The van der Waals surface area contributed by atoms with Crippen molar-refractivity contribution in [1.82, 2.24) is 5.32 Å². The molecule has 4 aliphatic rings. The van der Waals surface area contributed by atoms with Crippen molar-refractivity contribution in [2.75, 3.05) is 13.1 Å². The van der Waals surface area contributed by atoms with Crippen molar-refractivity contribution in [3.63, 3.8) is 0 Å². The third-order valence-corrected chi connectivity index (χ3v) is 11.7. The fourth-order valence-corrected chi connectivity index (χ4v) is 9.92. The van der Waals surface area contributed by atoms with Crippen LogP contribution >= 0.6 is 0 Å². The maximum absolute atomic E-state index is 11.5. The van der Waals surface area contributed by atoms with Gasteiger partial charge in [0.1, 0.15) is 0 Å².